The molecule has 2 heteroatoms. The molecule has 50 valence electrons. The summed E-state index contributed by atoms with van der Waals surface area (Å²) in [7, 11) is 0. The fourth-order valence-electron chi connectivity index (χ4n) is 0.894. The smallest absolute Gasteiger partial charge is 0.199 e. The van der Waals surface area contributed by atoms with E-state index >= 15 is 0 Å². The molecular weight excluding hydrogens is 116 g/mol. The lowest BCUT2D eigenvalue weighted by molar-refractivity contribution is -0.120. The summed E-state index contributed by atoms with van der Waals surface area (Å²) in [5.41, 5.74) is 0. The minimum Gasteiger partial charge on any atom is -0.487 e. The third-order valence-corrected chi connectivity index (χ3v) is 1.36. The third-order valence-electron chi connectivity index (χ3n) is 1.36. The van der Waals surface area contributed by atoms with E-state index in [0.717, 1.165) is 12.2 Å². The van der Waals surface area contributed by atoms with Gasteiger partial charge in [-0.05, 0) is 13.3 Å². The lowest BCUT2D eigenvalue weighted by Gasteiger charge is -2.05. The van der Waals surface area contributed by atoms with Crippen molar-refractivity contribution in [2.75, 3.05) is 0 Å². The second-order valence-corrected chi connectivity index (χ2v) is 2.17. The predicted molar refractivity (Wildman–Crippen MR) is 33.9 cm³/mol. The zero-order valence-corrected chi connectivity index (χ0v) is 5.68. The van der Waals surface area contributed by atoms with Gasteiger partial charge in [0.2, 0.25) is 0 Å². The van der Waals surface area contributed by atoms with Gasteiger partial charge in [0.05, 0.1) is 5.76 Å². The summed E-state index contributed by atoms with van der Waals surface area (Å²) in [5.74, 6) is 0.849. The van der Waals surface area contributed by atoms with Crippen molar-refractivity contribution in [3.05, 3.63) is 11.8 Å². The van der Waals surface area contributed by atoms with Crippen LogP contribution < -0.4 is 0 Å². The minimum absolute atomic E-state index is 0.106. The molecule has 0 N–H and O–H groups in total. The van der Waals surface area contributed by atoms with Gasteiger partial charge in [0, 0.05) is 6.08 Å². The molecule has 0 aromatic rings. The van der Waals surface area contributed by atoms with E-state index in [9.17, 15) is 4.79 Å². The van der Waals surface area contributed by atoms with Crippen LogP contribution in [0, 0.1) is 0 Å². The van der Waals surface area contributed by atoms with E-state index in [2.05, 4.69) is 0 Å². The molecule has 9 heavy (non-hydrogen) atoms. The van der Waals surface area contributed by atoms with Crippen LogP contribution in [-0.2, 0) is 9.53 Å². The molecule has 1 rings (SSSR count). The molecule has 1 heterocycles. The highest BCUT2D eigenvalue weighted by molar-refractivity contribution is 5.95. The first-order chi connectivity index (χ1) is 4.24. The van der Waals surface area contributed by atoms with Crippen LogP contribution in [0.3, 0.4) is 0 Å². The van der Waals surface area contributed by atoms with Crippen LogP contribution in [0.2, 0.25) is 0 Å². The molecule has 2 nitrogen and oxygen atoms in total. The van der Waals surface area contributed by atoms with Crippen molar-refractivity contribution in [3.63, 3.8) is 0 Å². The van der Waals surface area contributed by atoms with Gasteiger partial charge in [0.15, 0.2) is 11.9 Å². The Labute approximate surface area is 54.5 Å². The van der Waals surface area contributed by atoms with Crippen molar-refractivity contribution in [1.82, 2.24) is 0 Å². The fourth-order valence-corrected chi connectivity index (χ4v) is 0.894. The summed E-state index contributed by atoms with van der Waals surface area (Å²) in [6.07, 6.45) is 2.13. The number of ether oxygens (including phenoxy) is 1. The molecule has 0 saturated heterocycles. The van der Waals surface area contributed by atoms with Crippen LogP contribution in [0.1, 0.15) is 20.3 Å². The highest BCUT2D eigenvalue weighted by Crippen LogP contribution is 2.14. The Balaban J connectivity index is 2.60. The third kappa shape index (κ3) is 1.12. The van der Waals surface area contributed by atoms with E-state index in [1.54, 1.807) is 13.0 Å². The topological polar surface area (TPSA) is 26.3 Å². The summed E-state index contributed by atoms with van der Waals surface area (Å²) in [4.78, 5) is 10.8. The van der Waals surface area contributed by atoms with Crippen molar-refractivity contribution in [2.24, 2.45) is 0 Å². The van der Waals surface area contributed by atoms with Gasteiger partial charge in [-0.3, -0.25) is 4.79 Å². The van der Waals surface area contributed by atoms with E-state index in [1.807, 2.05) is 6.92 Å². The molecule has 1 aliphatic heterocycles. The SMILES string of the molecule is CCC1OC(C)=CC1=O. The maximum atomic E-state index is 10.8. The molecule has 0 saturated carbocycles. The number of hydrogen-bond acceptors (Lipinski definition) is 2. The first-order valence-electron chi connectivity index (χ1n) is 3.13. The zero-order chi connectivity index (χ0) is 6.85. The molecule has 1 atom stereocenters. The number of allylic oxidation sites excluding steroid dienone is 1. The number of rotatable bonds is 1. The zero-order valence-electron chi connectivity index (χ0n) is 5.68. The molecule has 1 unspecified atom stereocenters. The van der Waals surface area contributed by atoms with E-state index in [0.29, 0.717) is 0 Å². The quantitative estimate of drug-likeness (QED) is 0.528. The van der Waals surface area contributed by atoms with E-state index in [1.165, 1.54) is 0 Å². The van der Waals surface area contributed by atoms with Crippen molar-refractivity contribution < 1.29 is 9.53 Å². The van der Waals surface area contributed by atoms with Crippen LogP contribution in [0.5, 0.6) is 0 Å². The average Bonchev–Trinajstić information content (AvgIpc) is 2.10. The fraction of sp³-hybridized carbons (Fsp3) is 0.571. The summed E-state index contributed by atoms with van der Waals surface area (Å²) in [6.45, 7) is 3.74. The molecule has 0 bridgehead atoms. The van der Waals surface area contributed by atoms with Gasteiger partial charge >= 0.3 is 0 Å². The molecule has 0 amide bonds. The Morgan fingerprint density at radius 3 is 2.67 bits per heavy atom. The second-order valence-electron chi connectivity index (χ2n) is 2.17. The van der Waals surface area contributed by atoms with Crippen LogP contribution in [0.25, 0.3) is 0 Å². The number of hydrogen-bond donors (Lipinski definition) is 0. The maximum absolute atomic E-state index is 10.8. The predicted octanol–water partition coefficient (Wildman–Crippen LogP) is 1.27. The maximum Gasteiger partial charge on any atom is 0.199 e. The first kappa shape index (κ1) is 6.33. The Hall–Kier alpha value is -0.790. The van der Waals surface area contributed by atoms with Crippen molar-refractivity contribution in [1.29, 1.82) is 0 Å². The Bertz CT molecular complexity index is 158. The van der Waals surface area contributed by atoms with Crippen molar-refractivity contribution >= 4 is 5.78 Å². The summed E-state index contributed by atoms with van der Waals surface area (Å²) < 4.78 is 5.13. The first-order valence-corrected chi connectivity index (χ1v) is 3.13. The Morgan fingerprint density at radius 2 is 2.44 bits per heavy atom. The van der Waals surface area contributed by atoms with Crippen molar-refractivity contribution in [3.8, 4) is 0 Å². The van der Waals surface area contributed by atoms with Gasteiger partial charge in [-0.15, -0.1) is 0 Å². The number of carbonyl (C=O) groups excluding carboxylic acids is 1. The van der Waals surface area contributed by atoms with Gasteiger partial charge in [0.1, 0.15) is 0 Å². The monoisotopic (exact) mass is 126 g/mol. The van der Waals surface area contributed by atoms with Crippen LogP contribution in [0.15, 0.2) is 11.8 Å². The van der Waals surface area contributed by atoms with Gasteiger partial charge in [-0.2, -0.15) is 0 Å². The summed E-state index contributed by atoms with van der Waals surface area (Å²) >= 11 is 0. The average molecular weight is 126 g/mol. The summed E-state index contributed by atoms with van der Waals surface area (Å²) in [5, 5.41) is 0. The Morgan fingerprint density at radius 1 is 1.78 bits per heavy atom. The van der Waals surface area contributed by atoms with Crippen LogP contribution in [-0.4, -0.2) is 11.9 Å². The van der Waals surface area contributed by atoms with Gasteiger partial charge in [0.25, 0.3) is 0 Å². The van der Waals surface area contributed by atoms with E-state index < -0.39 is 0 Å². The molecule has 0 aromatic carbocycles. The molecule has 1 aliphatic rings. The van der Waals surface area contributed by atoms with Gasteiger partial charge < -0.3 is 4.74 Å². The highest BCUT2D eigenvalue weighted by Gasteiger charge is 2.21. The number of carbonyl (C=O) groups is 1. The molecule has 0 aromatic heterocycles. The number of ketones is 1. The standard InChI is InChI=1S/C7H10O2/c1-3-7-6(8)4-5(2)9-7/h4,7H,3H2,1-2H3. The second kappa shape index (κ2) is 2.21. The normalized spacial score (nSPS) is 25.8. The Kier molecular flexibility index (Phi) is 1.56. The van der Waals surface area contributed by atoms with Crippen LogP contribution >= 0.6 is 0 Å². The lowest BCUT2D eigenvalue weighted by atomic mass is 10.2. The molecule has 0 radical (unpaired) electrons. The summed E-state index contributed by atoms with van der Waals surface area (Å²) in [6, 6.07) is 0. The van der Waals surface area contributed by atoms with Crippen LogP contribution in [0.4, 0.5) is 0 Å². The van der Waals surface area contributed by atoms with E-state index in [-0.39, 0.29) is 11.9 Å². The highest BCUT2D eigenvalue weighted by atomic mass is 16.5. The largest absolute Gasteiger partial charge is 0.487 e. The lowest BCUT2D eigenvalue weighted by Crippen LogP contribution is -2.13. The molecule has 0 fully saturated rings. The van der Waals surface area contributed by atoms with E-state index in [4.69, 9.17) is 4.74 Å². The molecule has 0 aliphatic carbocycles. The minimum atomic E-state index is -0.190. The van der Waals surface area contributed by atoms with Gasteiger partial charge in [-0.1, -0.05) is 6.92 Å². The molecular formula is C7H10O2. The van der Waals surface area contributed by atoms with Gasteiger partial charge in [-0.25, -0.2) is 0 Å². The van der Waals surface area contributed by atoms with Crippen molar-refractivity contribution in [2.45, 2.75) is 26.4 Å². The molecule has 0 spiro atoms.